The largest absolute Gasteiger partial charge is 0.490 e. The van der Waals surface area contributed by atoms with E-state index < -0.39 is 42.6 Å². The highest BCUT2D eigenvalue weighted by Gasteiger charge is 2.39. The Kier molecular flexibility index (Phi) is 7.19. The lowest BCUT2D eigenvalue weighted by molar-refractivity contribution is -0.192. The molecule has 0 unspecified atom stereocenters. The third-order valence-electron chi connectivity index (χ3n) is 3.06. The number of alkyl halides is 6. The fourth-order valence-corrected chi connectivity index (χ4v) is 2.03. The Morgan fingerprint density at radius 2 is 1.66 bits per heavy atom. The summed E-state index contributed by atoms with van der Waals surface area (Å²) in [6, 6.07) is 3.89. The summed E-state index contributed by atoms with van der Waals surface area (Å²) in [5, 5.41) is 15.9. The minimum Gasteiger partial charge on any atom is -0.480 e. The van der Waals surface area contributed by atoms with Crippen molar-refractivity contribution < 1.29 is 55.7 Å². The Morgan fingerprint density at radius 3 is 2.07 bits per heavy atom. The number of carbonyl (C=O) groups excluding carboxylic acids is 1. The number of carboxylic acids is 2. The lowest BCUT2D eigenvalue weighted by Crippen LogP contribution is -2.21. The standard InChI is InChI=1S/C13H11F3N2O4.C2HF3O2/c1-2-22-11(21)7-4-3-5-8-10(7)17-12(13(14,15)16)18(8)6-9(19)20;3-2(4,5)1(6)7/h3-5H,2,6H2,1H3,(H,19,20);(H,6,7). The van der Waals surface area contributed by atoms with Crippen molar-refractivity contribution >= 4 is 28.9 Å². The lowest BCUT2D eigenvalue weighted by atomic mass is 10.2. The van der Waals surface area contributed by atoms with Crippen molar-refractivity contribution in [2.24, 2.45) is 0 Å². The molecule has 29 heavy (non-hydrogen) atoms. The third kappa shape index (κ3) is 6.08. The SMILES string of the molecule is CCOC(=O)c1cccc2c1nc(C(F)(F)F)n2CC(=O)O.O=C(O)C(F)(F)F. The number of carboxylic acid groups (broad SMARTS) is 2. The van der Waals surface area contributed by atoms with E-state index in [1.54, 1.807) is 6.92 Å². The Morgan fingerprint density at radius 1 is 1.10 bits per heavy atom. The number of aliphatic carboxylic acids is 2. The van der Waals surface area contributed by atoms with Crippen LogP contribution in [0.5, 0.6) is 0 Å². The van der Waals surface area contributed by atoms with Gasteiger partial charge in [0.2, 0.25) is 5.82 Å². The summed E-state index contributed by atoms with van der Waals surface area (Å²) in [6.45, 7) is 0.691. The van der Waals surface area contributed by atoms with Crippen LogP contribution in [0.15, 0.2) is 18.2 Å². The number of imidazole rings is 1. The fourth-order valence-electron chi connectivity index (χ4n) is 2.03. The van der Waals surface area contributed by atoms with Crippen molar-refractivity contribution in [1.29, 1.82) is 0 Å². The van der Waals surface area contributed by atoms with Gasteiger partial charge in [-0.1, -0.05) is 6.07 Å². The Balaban J connectivity index is 0.000000516. The van der Waals surface area contributed by atoms with Crippen molar-refractivity contribution in [3.8, 4) is 0 Å². The first kappa shape index (κ1) is 23.7. The van der Waals surface area contributed by atoms with Crippen LogP contribution in [0.25, 0.3) is 11.0 Å². The second-order valence-electron chi connectivity index (χ2n) is 5.11. The average Bonchev–Trinajstić information content (AvgIpc) is 2.93. The van der Waals surface area contributed by atoms with Crippen LogP contribution in [-0.2, 0) is 27.0 Å². The Labute approximate surface area is 157 Å². The van der Waals surface area contributed by atoms with Gasteiger partial charge >= 0.3 is 30.3 Å². The third-order valence-corrected chi connectivity index (χ3v) is 3.06. The number of hydrogen-bond donors (Lipinski definition) is 2. The van der Waals surface area contributed by atoms with Gasteiger partial charge < -0.3 is 19.5 Å². The summed E-state index contributed by atoms with van der Waals surface area (Å²) in [5.74, 6) is -6.40. The first-order valence-corrected chi connectivity index (χ1v) is 7.45. The van der Waals surface area contributed by atoms with Crippen LogP contribution in [0.2, 0.25) is 0 Å². The smallest absolute Gasteiger partial charge is 0.480 e. The van der Waals surface area contributed by atoms with Crippen LogP contribution in [-0.4, -0.2) is 50.5 Å². The number of rotatable bonds is 4. The van der Waals surface area contributed by atoms with E-state index in [1.165, 1.54) is 18.2 Å². The molecule has 0 spiro atoms. The molecular formula is C15H12F6N2O6. The van der Waals surface area contributed by atoms with Gasteiger partial charge in [0.25, 0.3) is 0 Å². The van der Waals surface area contributed by atoms with Crippen LogP contribution in [0.4, 0.5) is 26.3 Å². The number of hydrogen-bond acceptors (Lipinski definition) is 5. The van der Waals surface area contributed by atoms with E-state index in [0.717, 1.165) is 0 Å². The molecule has 14 heteroatoms. The molecule has 0 aliphatic rings. The Hall–Kier alpha value is -3.32. The van der Waals surface area contributed by atoms with Crippen molar-refractivity contribution in [3.05, 3.63) is 29.6 Å². The zero-order chi connectivity index (χ0) is 22.6. The predicted molar refractivity (Wildman–Crippen MR) is 82.0 cm³/mol. The highest BCUT2D eigenvalue weighted by atomic mass is 19.4. The molecule has 0 radical (unpaired) electrons. The van der Waals surface area contributed by atoms with E-state index in [4.69, 9.17) is 19.7 Å². The summed E-state index contributed by atoms with van der Waals surface area (Å²) in [5.41, 5.74) is -0.483. The predicted octanol–water partition coefficient (Wildman–Crippen LogP) is 2.95. The molecule has 0 saturated heterocycles. The molecule has 0 bridgehead atoms. The summed E-state index contributed by atoms with van der Waals surface area (Å²) in [4.78, 5) is 34.9. The number of ether oxygens (including phenoxy) is 1. The van der Waals surface area contributed by atoms with Crippen LogP contribution < -0.4 is 0 Å². The first-order valence-electron chi connectivity index (χ1n) is 7.45. The van der Waals surface area contributed by atoms with Gasteiger partial charge in [-0.05, 0) is 19.1 Å². The van der Waals surface area contributed by atoms with Gasteiger partial charge in [0, 0.05) is 0 Å². The topological polar surface area (TPSA) is 119 Å². The second kappa shape index (κ2) is 8.79. The van der Waals surface area contributed by atoms with Crippen molar-refractivity contribution in [1.82, 2.24) is 9.55 Å². The van der Waals surface area contributed by atoms with Gasteiger partial charge in [0.05, 0.1) is 17.7 Å². The number of nitrogens with zero attached hydrogens (tertiary/aromatic N) is 2. The van der Waals surface area contributed by atoms with Gasteiger partial charge in [0.15, 0.2) is 0 Å². The molecule has 0 aliphatic carbocycles. The highest BCUT2D eigenvalue weighted by Crippen LogP contribution is 2.32. The van der Waals surface area contributed by atoms with E-state index in [2.05, 4.69) is 4.98 Å². The molecule has 1 aromatic carbocycles. The van der Waals surface area contributed by atoms with Gasteiger partial charge in [-0.2, -0.15) is 26.3 Å². The highest BCUT2D eigenvalue weighted by molar-refractivity contribution is 6.02. The normalized spacial score (nSPS) is 11.6. The molecule has 0 atom stereocenters. The number of halogens is 6. The maximum absolute atomic E-state index is 13.0. The number of aromatic nitrogens is 2. The van der Waals surface area contributed by atoms with Crippen molar-refractivity contribution in [2.75, 3.05) is 6.61 Å². The molecule has 2 rings (SSSR count). The van der Waals surface area contributed by atoms with Crippen LogP contribution in [0.1, 0.15) is 23.1 Å². The number of esters is 1. The fraction of sp³-hybridized carbons (Fsp3) is 0.333. The van der Waals surface area contributed by atoms with Crippen LogP contribution >= 0.6 is 0 Å². The quantitative estimate of drug-likeness (QED) is 0.566. The monoisotopic (exact) mass is 430 g/mol. The summed E-state index contributed by atoms with van der Waals surface area (Å²) in [6.07, 6.45) is -9.93. The summed E-state index contributed by atoms with van der Waals surface area (Å²) < 4.78 is 76.1. The zero-order valence-corrected chi connectivity index (χ0v) is 14.3. The molecule has 0 saturated carbocycles. The molecule has 0 aliphatic heterocycles. The molecule has 1 aromatic heterocycles. The maximum atomic E-state index is 13.0. The molecule has 0 amide bonds. The van der Waals surface area contributed by atoms with Gasteiger partial charge in [-0.15, -0.1) is 0 Å². The number of fused-ring (bicyclic) bond motifs is 1. The van der Waals surface area contributed by atoms with Gasteiger partial charge in [-0.3, -0.25) is 4.79 Å². The average molecular weight is 430 g/mol. The molecule has 8 nitrogen and oxygen atoms in total. The lowest BCUT2D eigenvalue weighted by Gasteiger charge is -2.08. The minimum absolute atomic E-state index is 0.0528. The molecule has 0 fully saturated rings. The molecule has 2 aromatic rings. The van der Waals surface area contributed by atoms with Crippen LogP contribution in [0.3, 0.4) is 0 Å². The zero-order valence-electron chi connectivity index (χ0n) is 14.3. The molecule has 1 heterocycles. The maximum Gasteiger partial charge on any atom is 0.490 e. The van der Waals surface area contributed by atoms with E-state index >= 15 is 0 Å². The van der Waals surface area contributed by atoms with Gasteiger partial charge in [-0.25, -0.2) is 14.6 Å². The van der Waals surface area contributed by atoms with E-state index in [0.29, 0.717) is 4.57 Å². The molecule has 2 N–H and O–H groups in total. The number of para-hydroxylation sites is 1. The summed E-state index contributed by atoms with van der Waals surface area (Å²) >= 11 is 0. The van der Waals surface area contributed by atoms with E-state index in [1.807, 2.05) is 0 Å². The van der Waals surface area contributed by atoms with Gasteiger partial charge in [0.1, 0.15) is 12.1 Å². The summed E-state index contributed by atoms with van der Waals surface area (Å²) in [7, 11) is 0. The molecule has 160 valence electrons. The van der Waals surface area contributed by atoms with Crippen LogP contribution in [0, 0.1) is 0 Å². The minimum atomic E-state index is -5.08. The second-order valence-corrected chi connectivity index (χ2v) is 5.11. The van der Waals surface area contributed by atoms with Crippen molar-refractivity contribution in [3.63, 3.8) is 0 Å². The van der Waals surface area contributed by atoms with Crippen molar-refractivity contribution in [2.45, 2.75) is 25.8 Å². The molecular weight excluding hydrogens is 418 g/mol. The number of benzene rings is 1. The number of carbonyl (C=O) groups is 3. The van der Waals surface area contributed by atoms with E-state index in [9.17, 15) is 35.9 Å². The Bertz CT molecular complexity index is 918. The van der Waals surface area contributed by atoms with E-state index in [-0.39, 0.29) is 23.2 Å². The first-order chi connectivity index (χ1) is 13.2.